The molecule has 1 aromatic rings. The fourth-order valence-electron chi connectivity index (χ4n) is 2.15. The molecule has 0 aliphatic carbocycles. The normalized spacial score (nSPS) is 20.9. The van der Waals surface area contributed by atoms with Crippen LogP contribution < -0.4 is 4.74 Å². The van der Waals surface area contributed by atoms with Crippen molar-refractivity contribution in [2.24, 2.45) is 0 Å². The van der Waals surface area contributed by atoms with Gasteiger partial charge in [-0.15, -0.1) is 0 Å². The Bertz CT molecular complexity index is 478. The Hall–Kier alpha value is -1.81. The molecule has 2 rings (SSSR count). The van der Waals surface area contributed by atoms with E-state index in [4.69, 9.17) is 4.74 Å². The topological polar surface area (TPSA) is 49.8 Å². The van der Waals surface area contributed by atoms with Gasteiger partial charge in [0.05, 0.1) is 13.2 Å². The summed E-state index contributed by atoms with van der Waals surface area (Å²) in [7, 11) is 1.61. The van der Waals surface area contributed by atoms with Crippen molar-refractivity contribution < 1.29 is 14.6 Å². The van der Waals surface area contributed by atoms with Crippen molar-refractivity contribution in [1.29, 1.82) is 0 Å². The average Bonchev–Trinajstić information content (AvgIpc) is 2.63. The molecule has 0 spiro atoms. The van der Waals surface area contributed by atoms with Gasteiger partial charge in [-0.05, 0) is 37.6 Å². The fourth-order valence-corrected chi connectivity index (χ4v) is 2.15. The van der Waals surface area contributed by atoms with Crippen molar-refractivity contribution in [3.8, 4) is 5.75 Å². The molecule has 2 unspecified atom stereocenters. The number of methoxy groups -OCH3 is 1. The van der Waals surface area contributed by atoms with Crippen LogP contribution in [0.4, 0.5) is 0 Å². The lowest BCUT2D eigenvalue weighted by Crippen LogP contribution is -2.36. The highest BCUT2D eigenvalue weighted by molar-refractivity contribution is 5.95. The highest BCUT2D eigenvalue weighted by Gasteiger charge is 2.32. The molecule has 1 heterocycles. The van der Waals surface area contributed by atoms with Crippen LogP contribution in [0.2, 0.25) is 0 Å². The Labute approximate surface area is 106 Å². The van der Waals surface area contributed by atoms with Gasteiger partial charge in [-0.25, -0.2) is 0 Å². The molecular formula is C14H17NO3. The van der Waals surface area contributed by atoms with E-state index < -0.39 is 6.23 Å². The zero-order valence-corrected chi connectivity index (χ0v) is 10.8. The first-order valence-electron chi connectivity index (χ1n) is 5.87. The van der Waals surface area contributed by atoms with E-state index in [0.29, 0.717) is 5.57 Å². The maximum atomic E-state index is 11.9. The number of amides is 1. The summed E-state index contributed by atoms with van der Waals surface area (Å²) >= 11 is 0. The Morgan fingerprint density at radius 2 is 1.94 bits per heavy atom. The molecule has 0 saturated carbocycles. The van der Waals surface area contributed by atoms with Crippen LogP contribution in [0.3, 0.4) is 0 Å². The Balaban J connectivity index is 2.21. The average molecular weight is 247 g/mol. The second-order valence-electron chi connectivity index (χ2n) is 4.42. The summed E-state index contributed by atoms with van der Waals surface area (Å²) in [4.78, 5) is 13.4. The third-order valence-electron chi connectivity index (χ3n) is 3.27. The lowest BCUT2D eigenvalue weighted by Gasteiger charge is -2.28. The summed E-state index contributed by atoms with van der Waals surface area (Å²) in [6, 6.07) is 7.32. The monoisotopic (exact) mass is 247 g/mol. The summed E-state index contributed by atoms with van der Waals surface area (Å²) in [6.45, 7) is 3.61. The lowest BCUT2D eigenvalue weighted by atomic mass is 10.1. The molecule has 1 aliphatic rings. The molecule has 2 atom stereocenters. The van der Waals surface area contributed by atoms with Gasteiger partial charge in [-0.2, -0.15) is 0 Å². The van der Waals surface area contributed by atoms with E-state index >= 15 is 0 Å². The van der Waals surface area contributed by atoms with Gasteiger partial charge in [-0.1, -0.05) is 12.1 Å². The van der Waals surface area contributed by atoms with E-state index in [-0.39, 0.29) is 11.9 Å². The second-order valence-corrected chi connectivity index (χ2v) is 4.42. The molecule has 96 valence electrons. The molecule has 0 saturated heterocycles. The smallest absolute Gasteiger partial charge is 0.252 e. The number of nitrogens with zero attached hydrogens (tertiary/aromatic N) is 1. The quantitative estimate of drug-likeness (QED) is 0.887. The van der Waals surface area contributed by atoms with Crippen molar-refractivity contribution >= 4 is 5.91 Å². The van der Waals surface area contributed by atoms with E-state index in [0.717, 1.165) is 11.3 Å². The Morgan fingerprint density at radius 1 is 1.33 bits per heavy atom. The maximum absolute atomic E-state index is 11.9. The van der Waals surface area contributed by atoms with Gasteiger partial charge in [-0.3, -0.25) is 4.79 Å². The van der Waals surface area contributed by atoms with Crippen LogP contribution in [0.1, 0.15) is 25.5 Å². The number of hydrogen-bond donors (Lipinski definition) is 1. The summed E-state index contributed by atoms with van der Waals surface area (Å²) in [5.74, 6) is 0.652. The number of aliphatic hydroxyl groups is 1. The molecule has 0 radical (unpaired) electrons. The highest BCUT2D eigenvalue weighted by Crippen LogP contribution is 2.29. The zero-order valence-electron chi connectivity index (χ0n) is 10.8. The lowest BCUT2D eigenvalue weighted by molar-refractivity contribution is -0.134. The summed E-state index contributed by atoms with van der Waals surface area (Å²) in [5, 5.41) is 9.87. The molecule has 4 heteroatoms. The molecule has 0 aromatic heterocycles. The number of benzene rings is 1. The minimum atomic E-state index is -0.838. The molecule has 1 amide bonds. The number of carbonyl (C=O) groups excluding carboxylic acids is 1. The molecule has 4 nitrogen and oxygen atoms in total. The third kappa shape index (κ3) is 2.11. The predicted molar refractivity (Wildman–Crippen MR) is 68.0 cm³/mol. The summed E-state index contributed by atoms with van der Waals surface area (Å²) in [6.07, 6.45) is 0.733. The SMILES string of the molecule is COc1ccc(C(C)N2C(=O)C(C)=CC2O)cc1. The van der Waals surface area contributed by atoms with Crippen molar-refractivity contribution in [2.45, 2.75) is 26.1 Å². The number of hydrogen-bond acceptors (Lipinski definition) is 3. The zero-order chi connectivity index (χ0) is 13.3. The van der Waals surface area contributed by atoms with Crippen molar-refractivity contribution in [3.63, 3.8) is 0 Å². The molecule has 1 aromatic carbocycles. The van der Waals surface area contributed by atoms with Gasteiger partial charge >= 0.3 is 0 Å². The fraction of sp³-hybridized carbons (Fsp3) is 0.357. The van der Waals surface area contributed by atoms with Crippen LogP contribution in [0, 0.1) is 0 Å². The highest BCUT2D eigenvalue weighted by atomic mass is 16.5. The first-order chi connectivity index (χ1) is 8.54. The van der Waals surface area contributed by atoms with E-state index in [9.17, 15) is 9.90 Å². The summed E-state index contributed by atoms with van der Waals surface area (Å²) in [5.41, 5.74) is 1.55. The third-order valence-corrected chi connectivity index (χ3v) is 3.27. The molecule has 18 heavy (non-hydrogen) atoms. The van der Waals surface area contributed by atoms with Crippen LogP contribution in [-0.4, -0.2) is 29.3 Å². The van der Waals surface area contributed by atoms with Crippen LogP contribution in [0.25, 0.3) is 0 Å². The first kappa shape index (κ1) is 12.6. The van der Waals surface area contributed by atoms with Gasteiger partial charge in [0.2, 0.25) is 0 Å². The first-order valence-corrected chi connectivity index (χ1v) is 5.87. The molecular weight excluding hydrogens is 230 g/mol. The Morgan fingerprint density at radius 3 is 2.39 bits per heavy atom. The predicted octanol–water partition coefficient (Wildman–Crippen LogP) is 1.86. The van der Waals surface area contributed by atoms with E-state index in [1.54, 1.807) is 20.1 Å². The minimum Gasteiger partial charge on any atom is -0.497 e. The maximum Gasteiger partial charge on any atom is 0.252 e. The van der Waals surface area contributed by atoms with Crippen LogP contribution in [0.5, 0.6) is 5.75 Å². The van der Waals surface area contributed by atoms with Gasteiger partial charge in [0, 0.05) is 5.57 Å². The van der Waals surface area contributed by atoms with Crippen molar-refractivity contribution in [3.05, 3.63) is 41.5 Å². The Kier molecular flexibility index (Phi) is 3.39. The minimum absolute atomic E-state index is 0.120. The number of rotatable bonds is 3. The molecule has 1 N–H and O–H groups in total. The molecule has 0 fully saturated rings. The molecule has 1 aliphatic heterocycles. The van der Waals surface area contributed by atoms with E-state index in [1.807, 2.05) is 31.2 Å². The number of aliphatic hydroxyl groups excluding tert-OH is 1. The van der Waals surface area contributed by atoms with Gasteiger partial charge in [0.25, 0.3) is 5.91 Å². The van der Waals surface area contributed by atoms with E-state index in [1.165, 1.54) is 4.90 Å². The van der Waals surface area contributed by atoms with Crippen LogP contribution in [0.15, 0.2) is 35.9 Å². The number of carbonyl (C=O) groups is 1. The van der Waals surface area contributed by atoms with Gasteiger partial charge in [0.1, 0.15) is 12.0 Å². The van der Waals surface area contributed by atoms with Gasteiger partial charge in [0.15, 0.2) is 0 Å². The summed E-state index contributed by atoms with van der Waals surface area (Å²) < 4.78 is 5.09. The van der Waals surface area contributed by atoms with Gasteiger partial charge < -0.3 is 14.7 Å². The second kappa shape index (κ2) is 4.82. The number of ether oxygens (including phenoxy) is 1. The van der Waals surface area contributed by atoms with Crippen molar-refractivity contribution in [2.75, 3.05) is 7.11 Å². The van der Waals surface area contributed by atoms with Crippen LogP contribution in [-0.2, 0) is 4.79 Å². The molecule has 0 bridgehead atoms. The largest absolute Gasteiger partial charge is 0.497 e. The van der Waals surface area contributed by atoms with Crippen LogP contribution >= 0.6 is 0 Å². The van der Waals surface area contributed by atoms with E-state index in [2.05, 4.69) is 0 Å². The van der Waals surface area contributed by atoms with Crippen molar-refractivity contribution in [1.82, 2.24) is 4.90 Å². The standard InChI is InChI=1S/C14H17NO3/c1-9-8-13(16)15(14(9)17)10(2)11-4-6-12(18-3)7-5-11/h4-8,10,13,16H,1-3H3.